The summed E-state index contributed by atoms with van der Waals surface area (Å²) in [5, 5.41) is 3.67. The van der Waals surface area contributed by atoms with Crippen LogP contribution in [0.25, 0.3) is 11.0 Å². The second-order valence-electron chi connectivity index (χ2n) is 4.66. The van der Waals surface area contributed by atoms with Gasteiger partial charge >= 0.3 is 5.63 Å². The van der Waals surface area contributed by atoms with Gasteiger partial charge < -0.3 is 15.5 Å². The van der Waals surface area contributed by atoms with Gasteiger partial charge in [-0.05, 0) is 24.6 Å². The van der Waals surface area contributed by atoms with Crippen LogP contribution in [0.2, 0.25) is 0 Å². The Morgan fingerprint density at radius 3 is 2.90 bits per heavy atom. The molecule has 2 rings (SSSR count). The van der Waals surface area contributed by atoms with Gasteiger partial charge in [0, 0.05) is 47.7 Å². The molecule has 0 aliphatic carbocycles. The molecular weight excluding hydrogens is 288 g/mol. The first-order valence-electron chi connectivity index (χ1n) is 6.72. The van der Waals surface area contributed by atoms with Crippen molar-refractivity contribution in [1.29, 1.82) is 0 Å². The van der Waals surface area contributed by atoms with Crippen LogP contribution >= 0.6 is 11.8 Å². The van der Waals surface area contributed by atoms with Crippen molar-refractivity contribution in [1.82, 2.24) is 0 Å². The lowest BCUT2D eigenvalue weighted by molar-refractivity contribution is -0.115. The molecule has 0 radical (unpaired) electrons. The highest BCUT2D eigenvalue weighted by Gasteiger charge is 2.06. The van der Waals surface area contributed by atoms with Crippen LogP contribution in [-0.2, 0) is 4.79 Å². The molecule has 6 heteroatoms. The summed E-state index contributed by atoms with van der Waals surface area (Å²) >= 11 is 1.65. The van der Waals surface area contributed by atoms with E-state index in [0.29, 0.717) is 24.2 Å². The normalized spacial score (nSPS) is 10.8. The fourth-order valence-electron chi connectivity index (χ4n) is 1.98. The minimum absolute atomic E-state index is 0.0612. The van der Waals surface area contributed by atoms with Gasteiger partial charge in [0.25, 0.3) is 0 Å². The summed E-state index contributed by atoms with van der Waals surface area (Å²) in [5.74, 6) is 1.53. The summed E-state index contributed by atoms with van der Waals surface area (Å²) in [6, 6.07) is 6.77. The summed E-state index contributed by atoms with van der Waals surface area (Å²) in [7, 11) is 0. The summed E-state index contributed by atoms with van der Waals surface area (Å²) in [4.78, 5) is 23.2. The Morgan fingerprint density at radius 2 is 2.14 bits per heavy atom. The summed E-state index contributed by atoms with van der Waals surface area (Å²) in [6.07, 6.45) is 0.431. The molecule has 0 atom stereocenters. The van der Waals surface area contributed by atoms with Crippen LogP contribution in [0, 0.1) is 6.92 Å². The zero-order chi connectivity index (χ0) is 15.2. The Morgan fingerprint density at radius 1 is 1.33 bits per heavy atom. The van der Waals surface area contributed by atoms with Gasteiger partial charge in [0.05, 0.1) is 0 Å². The highest BCUT2D eigenvalue weighted by atomic mass is 32.2. The second kappa shape index (κ2) is 7.28. The number of rotatable bonds is 6. The van der Waals surface area contributed by atoms with Crippen molar-refractivity contribution in [3.05, 3.63) is 40.2 Å². The minimum Gasteiger partial charge on any atom is -0.423 e. The first-order valence-corrected chi connectivity index (χ1v) is 7.88. The van der Waals surface area contributed by atoms with E-state index in [1.54, 1.807) is 23.9 Å². The molecule has 2 aromatic rings. The molecule has 0 spiro atoms. The van der Waals surface area contributed by atoms with Crippen LogP contribution in [0.5, 0.6) is 0 Å². The molecule has 21 heavy (non-hydrogen) atoms. The molecule has 1 aromatic carbocycles. The third kappa shape index (κ3) is 4.34. The van der Waals surface area contributed by atoms with E-state index >= 15 is 0 Å². The second-order valence-corrected chi connectivity index (χ2v) is 5.88. The maximum absolute atomic E-state index is 11.8. The average Bonchev–Trinajstić information content (AvgIpc) is 2.43. The molecule has 0 unspecified atom stereocenters. The molecule has 0 saturated heterocycles. The maximum atomic E-state index is 11.8. The minimum atomic E-state index is -0.387. The topological polar surface area (TPSA) is 85.3 Å². The van der Waals surface area contributed by atoms with E-state index < -0.39 is 0 Å². The molecule has 0 saturated carbocycles. The van der Waals surface area contributed by atoms with Crippen molar-refractivity contribution in [2.75, 3.05) is 23.4 Å². The average molecular weight is 306 g/mol. The third-order valence-electron chi connectivity index (χ3n) is 2.97. The smallest absolute Gasteiger partial charge is 0.336 e. The van der Waals surface area contributed by atoms with Crippen molar-refractivity contribution < 1.29 is 9.21 Å². The zero-order valence-corrected chi connectivity index (χ0v) is 12.7. The van der Waals surface area contributed by atoms with E-state index in [0.717, 1.165) is 22.5 Å². The van der Waals surface area contributed by atoms with Crippen LogP contribution in [0.3, 0.4) is 0 Å². The van der Waals surface area contributed by atoms with E-state index in [-0.39, 0.29) is 11.5 Å². The van der Waals surface area contributed by atoms with Crippen LogP contribution in [-0.4, -0.2) is 24.0 Å². The number of anilines is 1. The largest absolute Gasteiger partial charge is 0.423 e. The number of amides is 1. The number of nitrogens with one attached hydrogen (secondary N) is 1. The Kier molecular flexibility index (Phi) is 5.41. The van der Waals surface area contributed by atoms with Crippen LogP contribution < -0.4 is 16.7 Å². The number of hydrogen-bond acceptors (Lipinski definition) is 5. The van der Waals surface area contributed by atoms with Crippen LogP contribution in [0.15, 0.2) is 33.5 Å². The van der Waals surface area contributed by atoms with Gasteiger partial charge in [0.1, 0.15) is 5.58 Å². The Bertz CT molecular complexity index is 697. The monoisotopic (exact) mass is 306 g/mol. The molecule has 0 bridgehead atoms. The van der Waals surface area contributed by atoms with E-state index in [1.807, 2.05) is 13.0 Å². The first-order chi connectivity index (χ1) is 10.1. The highest BCUT2D eigenvalue weighted by molar-refractivity contribution is 7.99. The lowest BCUT2D eigenvalue weighted by Gasteiger charge is -2.07. The molecule has 0 fully saturated rings. The molecule has 5 nitrogen and oxygen atoms in total. The predicted octanol–water partition coefficient (Wildman–Crippen LogP) is 2.12. The summed E-state index contributed by atoms with van der Waals surface area (Å²) < 4.78 is 5.15. The fraction of sp³-hybridized carbons (Fsp3) is 0.333. The number of aryl methyl sites for hydroxylation is 1. The maximum Gasteiger partial charge on any atom is 0.336 e. The van der Waals surface area contributed by atoms with E-state index in [1.165, 1.54) is 6.07 Å². The molecule has 0 aliphatic heterocycles. The number of fused-ring (bicyclic) bond motifs is 1. The number of carbonyl (C=O) groups is 1. The van der Waals surface area contributed by atoms with E-state index in [2.05, 4.69) is 5.32 Å². The van der Waals surface area contributed by atoms with Crippen LogP contribution in [0.4, 0.5) is 5.69 Å². The fourth-order valence-corrected chi connectivity index (χ4v) is 2.68. The van der Waals surface area contributed by atoms with Crippen molar-refractivity contribution in [3.63, 3.8) is 0 Å². The van der Waals surface area contributed by atoms with E-state index in [9.17, 15) is 9.59 Å². The summed E-state index contributed by atoms with van der Waals surface area (Å²) in [6.45, 7) is 2.47. The van der Waals surface area contributed by atoms with Crippen molar-refractivity contribution in [3.8, 4) is 0 Å². The van der Waals surface area contributed by atoms with Crippen LogP contribution in [0.1, 0.15) is 12.0 Å². The third-order valence-corrected chi connectivity index (χ3v) is 3.99. The summed E-state index contributed by atoms with van der Waals surface area (Å²) in [5.41, 5.74) is 6.97. The lowest BCUT2D eigenvalue weighted by atomic mass is 10.1. The van der Waals surface area contributed by atoms with Gasteiger partial charge in [-0.25, -0.2) is 4.79 Å². The number of nitrogens with two attached hydrogens (primary N) is 1. The number of carbonyl (C=O) groups excluding carboxylic acids is 1. The zero-order valence-electron chi connectivity index (χ0n) is 11.8. The van der Waals surface area contributed by atoms with Crippen molar-refractivity contribution >= 4 is 34.3 Å². The lowest BCUT2D eigenvalue weighted by Crippen LogP contribution is -2.13. The predicted molar refractivity (Wildman–Crippen MR) is 86.8 cm³/mol. The molecule has 1 amide bonds. The Hall–Kier alpha value is -1.79. The molecular formula is C15H18N2O3S. The van der Waals surface area contributed by atoms with Gasteiger partial charge in [-0.3, -0.25) is 4.79 Å². The molecule has 112 valence electrons. The van der Waals surface area contributed by atoms with Crippen molar-refractivity contribution in [2.24, 2.45) is 5.73 Å². The van der Waals surface area contributed by atoms with Gasteiger partial charge in [0.15, 0.2) is 0 Å². The van der Waals surface area contributed by atoms with Gasteiger partial charge in [-0.15, -0.1) is 0 Å². The molecule has 3 N–H and O–H groups in total. The molecule has 1 heterocycles. The SMILES string of the molecule is Cc1cc(=O)oc2cc(NC(=O)CCSCCN)ccc12. The van der Waals surface area contributed by atoms with Gasteiger partial charge in [-0.1, -0.05) is 0 Å². The van der Waals surface area contributed by atoms with E-state index in [4.69, 9.17) is 10.2 Å². The standard InChI is InChI=1S/C15H18N2O3S/c1-10-8-15(19)20-13-9-11(2-3-12(10)13)17-14(18)4-6-21-7-5-16/h2-3,8-9H,4-7,16H2,1H3,(H,17,18). The van der Waals surface area contributed by atoms with Crippen molar-refractivity contribution in [2.45, 2.75) is 13.3 Å². The number of benzene rings is 1. The molecule has 0 aliphatic rings. The molecule has 1 aromatic heterocycles. The number of hydrogen-bond donors (Lipinski definition) is 2. The van der Waals surface area contributed by atoms with Gasteiger partial charge in [0.2, 0.25) is 5.91 Å². The highest BCUT2D eigenvalue weighted by Crippen LogP contribution is 2.20. The quantitative estimate of drug-likeness (QED) is 0.631. The first kappa shape index (κ1) is 15.6. The number of thioether (sulfide) groups is 1. The Balaban J connectivity index is 2.05. The van der Waals surface area contributed by atoms with Gasteiger partial charge in [-0.2, -0.15) is 11.8 Å². The Labute approximate surface area is 126 Å².